The van der Waals surface area contributed by atoms with Gasteiger partial charge in [0.1, 0.15) is 11.3 Å². The van der Waals surface area contributed by atoms with Crippen molar-refractivity contribution in [3.63, 3.8) is 0 Å². The van der Waals surface area contributed by atoms with Crippen molar-refractivity contribution in [2.75, 3.05) is 13.2 Å². The molecule has 4 aromatic rings. The van der Waals surface area contributed by atoms with Crippen LogP contribution in [0.3, 0.4) is 0 Å². The molecule has 8 nitrogen and oxygen atoms in total. The van der Waals surface area contributed by atoms with Gasteiger partial charge < -0.3 is 24.6 Å². The average Bonchev–Trinajstić information content (AvgIpc) is 3.31. The maximum absolute atomic E-state index is 13.3. The summed E-state index contributed by atoms with van der Waals surface area (Å²) in [4.78, 5) is 16.8. The van der Waals surface area contributed by atoms with Crippen LogP contribution in [0.15, 0.2) is 53.7 Å². The minimum absolute atomic E-state index is 0.0485. The van der Waals surface area contributed by atoms with Crippen LogP contribution in [-0.2, 0) is 22.6 Å². The molecule has 0 saturated carbocycles. The zero-order chi connectivity index (χ0) is 23.2. The van der Waals surface area contributed by atoms with Crippen LogP contribution in [0, 0.1) is 5.82 Å². The minimum atomic E-state index is -0.580. The Kier molecular flexibility index (Phi) is 5.40. The average molecular weight is 452 g/mol. The zero-order valence-corrected chi connectivity index (χ0v) is 18.4. The van der Waals surface area contributed by atoms with E-state index in [2.05, 4.69) is 10.3 Å². The van der Waals surface area contributed by atoms with E-state index in [1.54, 1.807) is 24.4 Å². The predicted molar refractivity (Wildman–Crippen MR) is 121 cm³/mol. The Morgan fingerprint density at radius 2 is 2.06 bits per heavy atom. The van der Waals surface area contributed by atoms with E-state index >= 15 is 0 Å². The second-order valence-corrected chi connectivity index (χ2v) is 8.74. The third kappa shape index (κ3) is 4.22. The molecule has 1 fully saturated rings. The van der Waals surface area contributed by atoms with Gasteiger partial charge in [0.05, 0.1) is 24.4 Å². The molecule has 1 aliphatic heterocycles. The van der Waals surface area contributed by atoms with Crippen molar-refractivity contribution < 1.29 is 19.1 Å². The van der Waals surface area contributed by atoms with Crippen LogP contribution < -0.4 is 10.9 Å². The van der Waals surface area contributed by atoms with E-state index in [9.17, 15) is 14.4 Å². The van der Waals surface area contributed by atoms with Crippen LogP contribution in [0.4, 0.5) is 4.39 Å². The Hall–Kier alpha value is -3.27. The topological polar surface area (TPSA) is 90.5 Å². The van der Waals surface area contributed by atoms with Gasteiger partial charge in [-0.2, -0.15) is 4.73 Å². The number of fused-ring (bicyclic) bond motifs is 3. The van der Waals surface area contributed by atoms with E-state index in [1.165, 1.54) is 18.3 Å². The van der Waals surface area contributed by atoms with Crippen LogP contribution >= 0.6 is 0 Å². The van der Waals surface area contributed by atoms with Gasteiger partial charge in [0.2, 0.25) is 0 Å². The van der Waals surface area contributed by atoms with Crippen molar-refractivity contribution in [3.8, 4) is 0 Å². The predicted octanol–water partition coefficient (Wildman–Crippen LogP) is 3.02. The number of pyridine rings is 2. The first kappa shape index (κ1) is 21.6. The first-order valence-electron chi connectivity index (χ1n) is 10.8. The van der Waals surface area contributed by atoms with Gasteiger partial charge in [-0.3, -0.25) is 4.79 Å². The van der Waals surface area contributed by atoms with Crippen molar-refractivity contribution in [1.29, 1.82) is 0 Å². The van der Waals surface area contributed by atoms with Crippen LogP contribution in [0.25, 0.3) is 21.8 Å². The standard InChI is InChI=1S/C24H25FN4O4/c1-24(2)32-14-18(33-24)10-26-9-16-13-28(12-15-3-5-17(25)6-4-15)20-11-27-22-19(21(16)20)7-8-29(31)23(22)30/h3-8,11,13,18,26,31H,9-10,12,14H2,1-2H3/t18-/m1/s1. The molecule has 1 aromatic carbocycles. The molecule has 5 rings (SSSR count). The van der Waals surface area contributed by atoms with Gasteiger partial charge in [-0.05, 0) is 43.2 Å². The summed E-state index contributed by atoms with van der Waals surface area (Å²) >= 11 is 0. The monoisotopic (exact) mass is 452 g/mol. The molecule has 4 heterocycles. The highest BCUT2D eigenvalue weighted by Crippen LogP contribution is 2.28. The number of hydrogen-bond donors (Lipinski definition) is 2. The molecule has 33 heavy (non-hydrogen) atoms. The normalized spacial score (nSPS) is 17.8. The van der Waals surface area contributed by atoms with Gasteiger partial charge >= 0.3 is 5.56 Å². The molecule has 1 atom stereocenters. The van der Waals surface area contributed by atoms with Gasteiger partial charge in [-0.15, -0.1) is 0 Å². The molecule has 9 heteroatoms. The summed E-state index contributed by atoms with van der Waals surface area (Å²) < 4.78 is 27.4. The Morgan fingerprint density at radius 3 is 2.79 bits per heavy atom. The molecule has 0 amide bonds. The third-order valence-electron chi connectivity index (χ3n) is 5.85. The SMILES string of the molecule is CC1(C)OC[C@@H](CNCc2cn(Cc3ccc(F)cc3)c3cnc4c(=O)n(O)ccc4c23)O1. The highest BCUT2D eigenvalue weighted by Gasteiger charge is 2.32. The maximum Gasteiger partial charge on any atom is 0.309 e. The van der Waals surface area contributed by atoms with Crippen LogP contribution in [0.1, 0.15) is 25.0 Å². The molecule has 0 aliphatic carbocycles. The van der Waals surface area contributed by atoms with Crippen molar-refractivity contribution in [1.82, 2.24) is 19.6 Å². The fourth-order valence-electron chi connectivity index (χ4n) is 4.33. The number of hydrogen-bond acceptors (Lipinski definition) is 6. The molecule has 3 aromatic heterocycles. The van der Waals surface area contributed by atoms with E-state index in [0.29, 0.717) is 36.4 Å². The molecule has 0 unspecified atom stereocenters. The maximum atomic E-state index is 13.3. The number of rotatable bonds is 6. The summed E-state index contributed by atoms with van der Waals surface area (Å²) in [7, 11) is 0. The number of nitrogens with zero attached hydrogens (tertiary/aromatic N) is 3. The van der Waals surface area contributed by atoms with Crippen LogP contribution in [-0.4, -0.2) is 44.5 Å². The van der Waals surface area contributed by atoms with E-state index in [1.807, 2.05) is 24.6 Å². The van der Waals surface area contributed by atoms with Crippen molar-refractivity contribution in [2.24, 2.45) is 0 Å². The fourth-order valence-corrected chi connectivity index (χ4v) is 4.33. The highest BCUT2D eigenvalue weighted by molar-refractivity contribution is 6.06. The quantitative estimate of drug-likeness (QED) is 0.437. The molecule has 0 radical (unpaired) electrons. The summed E-state index contributed by atoms with van der Waals surface area (Å²) in [6, 6.07) is 8.06. The molecular weight excluding hydrogens is 427 g/mol. The minimum Gasteiger partial charge on any atom is -0.425 e. The van der Waals surface area contributed by atoms with Gasteiger partial charge in [-0.25, -0.2) is 9.37 Å². The lowest BCUT2D eigenvalue weighted by atomic mass is 10.1. The third-order valence-corrected chi connectivity index (χ3v) is 5.85. The Morgan fingerprint density at radius 1 is 1.27 bits per heavy atom. The Balaban J connectivity index is 1.51. The van der Waals surface area contributed by atoms with Crippen LogP contribution in [0.2, 0.25) is 0 Å². The summed E-state index contributed by atoms with van der Waals surface area (Å²) in [6.07, 6.45) is 4.93. The van der Waals surface area contributed by atoms with Gasteiger partial charge in [0, 0.05) is 42.8 Å². The summed E-state index contributed by atoms with van der Waals surface area (Å²) in [5.74, 6) is -0.862. The molecule has 2 N–H and O–H groups in total. The molecular formula is C24H25FN4O4. The van der Waals surface area contributed by atoms with Gasteiger partial charge in [-0.1, -0.05) is 12.1 Å². The highest BCUT2D eigenvalue weighted by atomic mass is 19.1. The second-order valence-electron chi connectivity index (χ2n) is 8.74. The molecule has 0 spiro atoms. The zero-order valence-electron chi connectivity index (χ0n) is 18.4. The van der Waals surface area contributed by atoms with E-state index in [-0.39, 0.29) is 17.4 Å². The van der Waals surface area contributed by atoms with E-state index < -0.39 is 11.3 Å². The number of halogens is 1. The lowest BCUT2D eigenvalue weighted by Gasteiger charge is -2.17. The largest absolute Gasteiger partial charge is 0.425 e. The smallest absolute Gasteiger partial charge is 0.309 e. The Bertz CT molecular complexity index is 1380. The fraction of sp³-hybridized carbons (Fsp3) is 0.333. The number of benzene rings is 1. The van der Waals surface area contributed by atoms with E-state index in [4.69, 9.17) is 9.47 Å². The molecule has 1 aliphatic rings. The first-order valence-corrected chi connectivity index (χ1v) is 10.8. The number of ether oxygens (including phenoxy) is 2. The van der Waals surface area contributed by atoms with E-state index in [0.717, 1.165) is 22.0 Å². The van der Waals surface area contributed by atoms with Crippen molar-refractivity contribution in [3.05, 3.63) is 76.2 Å². The summed E-state index contributed by atoms with van der Waals surface area (Å²) in [5, 5.41) is 14.8. The lowest BCUT2D eigenvalue weighted by molar-refractivity contribution is -0.137. The van der Waals surface area contributed by atoms with Crippen LogP contribution in [0.5, 0.6) is 0 Å². The summed E-state index contributed by atoms with van der Waals surface area (Å²) in [5.41, 5.74) is 2.39. The molecule has 1 saturated heterocycles. The number of nitrogens with one attached hydrogen (secondary N) is 1. The first-order chi connectivity index (χ1) is 15.8. The summed E-state index contributed by atoms with van der Waals surface area (Å²) in [6.45, 7) is 5.98. The van der Waals surface area contributed by atoms with Crippen molar-refractivity contribution in [2.45, 2.75) is 38.8 Å². The van der Waals surface area contributed by atoms with Crippen molar-refractivity contribution >= 4 is 21.8 Å². The molecule has 0 bridgehead atoms. The van der Waals surface area contributed by atoms with Gasteiger partial charge in [0.25, 0.3) is 0 Å². The Labute approximate surface area is 189 Å². The van der Waals surface area contributed by atoms with Gasteiger partial charge in [0.15, 0.2) is 5.79 Å². The lowest BCUT2D eigenvalue weighted by Crippen LogP contribution is -2.30. The number of aromatic nitrogens is 3. The second kappa shape index (κ2) is 8.26. The molecule has 172 valence electrons.